The summed E-state index contributed by atoms with van der Waals surface area (Å²) in [5.74, 6) is -0.661. The minimum absolute atomic E-state index is 0.316. The number of carbonyl (C=O) groups is 1. The molecular weight excluding hydrogens is 360 g/mol. The number of hydrogen-bond donors (Lipinski definition) is 1. The van der Waals surface area contributed by atoms with E-state index in [0.717, 1.165) is 24.1 Å². The highest BCUT2D eigenvalue weighted by Gasteiger charge is 2.12. The number of carboxylic acids is 1. The summed E-state index contributed by atoms with van der Waals surface area (Å²) in [4.78, 5) is 13.4. The monoisotopic (exact) mass is 378 g/mol. The van der Waals surface area contributed by atoms with Gasteiger partial charge in [-0.3, -0.25) is 4.90 Å². The summed E-state index contributed by atoms with van der Waals surface area (Å²) in [5.41, 5.74) is 0.265. The molecule has 1 saturated heterocycles. The molecule has 0 aromatic heterocycles. The van der Waals surface area contributed by atoms with E-state index in [-0.39, 0.29) is 5.57 Å². The van der Waals surface area contributed by atoms with Crippen molar-refractivity contribution in [3.63, 3.8) is 0 Å². The summed E-state index contributed by atoms with van der Waals surface area (Å²) in [5, 5.41) is 17.9. The molecule has 0 aliphatic carbocycles. The summed E-state index contributed by atoms with van der Waals surface area (Å²) in [6.07, 6.45) is 5.10. The van der Waals surface area contributed by atoms with E-state index >= 15 is 0 Å². The highest BCUT2D eigenvalue weighted by molar-refractivity contribution is 9.10. The third kappa shape index (κ3) is 5.38. The lowest BCUT2D eigenvalue weighted by Crippen LogP contribution is -2.33. The summed E-state index contributed by atoms with van der Waals surface area (Å²) >= 11 is 3.35. The second kappa shape index (κ2) is 8.70. The third-order valence-electron chi connectivity index (χ3n) is 3.74. The van der Waals surface area contributed by atoms with E-state index in [1.165, 1.54) is 25.3 Å². The predicted molar refractivity (Wildman–Crippen MR) is 91.2 cm³/mol. The molecule has 0 spiro atoms. The Morgan fingerprint density at radius 2 is 2.13 bits per heavy atom. The van der Waals surface area contributed by atoms with Crippen molar-refractivity contribution in [1.29, 1.82) is 5.26 Å². The molecule has 6 heteroatoms. The number of likely N-dealkylation sites (tertiary alicyclic amines) is 1. The predicted octanol–water partition coefficient (Wildman–Crippen LogP) is 3.31. The van der Waals surface area contributed by atoms with Crippen LogP contribution in [-0.4, -0.2) is 42.2 Å². The van der Waals surface area contributed by atoms with Crippen molar-refractivity contribution in [2.45, 2.75) is 19.3 Å². The molecule has 0 saturated carbocycles. The topological polar surface area (TPSA) is 73.6 Å². The number of ether oxygens (including phenoxy) is 1. The van der Waals surface area contributed by atoms with Gasteiger partial charge in [0, 0.05) is 16.6 Å². The Labute approximate surface area is 144 Å². The van der Waals surface area contributed by atoms with Crippen molar-refractivity contribution in [2.24, 2.45) is 0 Å². The average molecular weight is 379 g/mol. The Hall–Kier alpha value is -1.84. The van der Waals surface area contributed by atoms with E-state index in [9.17, 15) is 4.79 Å². The van der Waals surface area contributed by atoms with Gasteiger partial charge in [-0.05, 0) is 50.2 Å². The van der Waals surface area contributed by atoms with Gasteiger partial charge in [0.25, 0.3) is 0 Å². The number of halogens is 1. The first-order chi connectivity index (χ1) is 11.1. The van der Waals surface area contributed by atoms with Crippen LogP contribution in [0.2, 0.25) is 0 Å². The Morgan fingerprint density at radius 1 is 1.39 bits per heavy atom. The Balaban J connectivity index is 2.06. The van der Waals surface area contributed by atoms with Crippen LogP contribution in [0.1, 0.15) is 24.8 Å². The maximum absolute atomic E-state index is 11.0. The fourth-order valence-electron chi connectivity index (χ4n) is 2.53. The maximum atomic E-state index is 11.0. The molecule has 0 amide bonds. The van der Waals surface area contributed by atoms with E-state index in [1.54, 1.807) is 18.2 Å². The van der Waals surface area contributed by atoms with E-state index in [0.29, 0.717) is 17.9 Å². The zero-order chi connectivity index (χ0) is 16.7. The van der Waals surface area contributed by atoms with E-state index in [4.69, 9.17) is 15.1 Å². The SMILES string of the molecule is N#CC(=Cc1cc(Br)ccc1OCCN1CCCCC1)C(=O)O. The van der Waals surface area contributed by atoms with Crippen LogP contribution in [0.25, 0.3) is 6.08 Å². The molecule has 1 aliphatic rings. The van der Waals surface area contributed by atoms with E-state index in [2.05, 4.69) is 20.8 Å². The molecule has 1 N–H and O–H groups in total. The second-order valence-electron chi connectivity index (χ2n) is 5.41. The highest BCUT2D eigenvalue weighted by Crippen LogP contribution is 2.25. The quantitative estimate of drug-likeness (QED) is 0.607. The molecule has 2 rings (SSSR count). The zero-order valence-electron chi connectivity index (χ0n) is 12.8. The van der Waals surface area contributed by atoms with Gasteiger partial charge in [0.1, 0.15) is 24.0 Å². The lowest BCUT2D eigenvalue weighted by Gasteiger charge is -2.26. The first kappa shape index (κ1) is 17.5. The van der Waals surface area contributed by atoms with Gasteiger partial charge < -0.3 is 9.84 Å². The van der Waals surface area contributed by atoms with Gasteiger partial charge in [-0.2, -0.15) is 5.26 Å². The van der Waals surface area contributed by atoms with Crippen molar-refractivity contribution in [3.8, 4) is 11.8 Å². The van der Waals surface area contributed by atoms with Gasteiger partial charge in [0.15, 0.2) is 0 Å². The summed E-state index contributed by atoms with van der Waals surface area (Å²) in [6.45, 7) is 3.60. The van der Waals surface area contributed by atoms with Crippen molar-refractivity contribution >= 4 is 28.0 Å². The largest absolute Gasteiger partial charge is 0.492 e. The molecular formula is C17H19BrN2O3. The Bertz CT molecular complexity index is 631. The molecule has 1 aromatic rings. The lowest BCUT2D eigenvalue weighted by atomic mass is 10.1. The average Bonchev–Trinajstić information content (AvgIpc) is 2.55. The number of nitriles is 1. The minimum Gasteiger partial charge on any atom is -0.492 e. The molecule has 1 aromatic carbocycles. The molecule has 122 valence electrons. The molecule has 0 atom stereocenters. The molecule has 1 heterocycles. The first-order valence-electron chi connectivity index (χ1n) is 7.60. The summed E-state index contributed by atoms with van der Waals surface area (Å²) in [7, 11) is 0. The fraction of sp³-hybridized carbons (Fsp3) is 0.412. The lowest BCUT2D eigenvalue weighted by molar-refractivity contribution is -0.132. The molecule has 23 heavy (non-hydrogen) atoms. The zero-order valence-corrected chi connectivity index (χ0v) is 14.4. The van der Waals surface area contributed by atoms with Crippen molar-refractivity contribution in [2.75, 3.05) is 26.2 Å². The van der Waals surface area contributed by atoms with Crippen molar-refractivity contribution in [3.05, 3.63) is 33.8 Å². The molecule has 1 fully saturated rings. The number of aliphatic carboxylic acids is 1. The van der Waals surface area contributed by atoms with Crippen LogP contribution in [0.3, 0.4) is 0 Å². The normalized spacial score (nSPS) is 15.9. The van der Waals surface area contributed by atoms with Crippen LogP contribution in [0.15, 0.2) is 28.2 Å². The molecule has 0 bridgehead atoms. The smallest absolute Gasteiger partial charge is 0.346 e. The van der Waals surface area contributed by atoms with Crippen LogP contribution in [0.5, 0.6) is 5.75 Å². The molecule has 0 unspecified atom stereocenters. The van der Waals surface area contributed by atoms with Gasteiger partial charge in [0.2, 0.25) is 0 Å². The van der Waals surface area contributed by atoms with Gasteiger partial charge in [-0.25, -0.2) is 4.79 Å². The van der Waals surface area contributed by atoms with E-state index < -0.39 is 5.97 Å². The Morgan fingerprint density at radius 3 is 2.78 bits per heavy atom. The van der Waals surface area contributed by atoms with Gasteiger partial charge in [-0.1, -0.05) is 22.4 Å². The number of piperidine rings is 1. The van der Waals surface area contributed by atoms with Crippen LogP contribution < -0.4 is 4.74 Å². The molecule has 5 nitrogen and oxygen atoms in total. The number of carboxylic acid groups (broad SMARTS) is 1. The first-order valence-corrected chi connectivity index (χ1v) is 8.39. The minimum atomic E-state index is -1.24. The maximum Gasteiger partial charge on any atom is 0.346 e. The van der Waals surface area contributed by atoms with Crippen molar-refractivity contribution in [1.82, 2.24) is 4.90 Å². The number of nitrogens with zero attached hydrogens (tertiary/aromatic N) is 2. The number of rotatable bonds is 6. The second-order valence-corrected chi connectivity index (χ2v) is 6.32. The van der Waals surface area contributed by atoms with Crippen LogP contribution in [0, 0.1) is 11.3 Å². The number of hydrogen-bond acceptors (Lipinski definition) is 4. The summed E-state index contributed by atoms with van der Waals surface area (Å²) in [6, 6.07) is 7.05. The molecule has 1 aliphatic heterocycles. The third-order valence-corrected chi connectivity index (χ3v) is 4.23. The molecule has 0 radical (unpaired) electrons. The number of benzene rings is 1. The van der Waals surface area contributed by atoms with Crippen molar-refractivity contribution < 1.29 is 14.6 Å². The van der Waals surface area contributed by atoms with E-state index in [1.807, 2.05) is 6.07 Å². The van der Waals surface area contributed by atoms with Crippen LogP contribution in [-0.2, 0) is 4.79 Å². The van der Waals surface area contributed by atoms with Crippen LogP contribution >= 0.6 is 15.9 Å². The highest BCUT2D eigenvalue weighted by atomic mass is 79.9. The van der Waals surface area contributed by atoms with Gasteiger partial charge in [-0.15, -0.1) is 0 Å². The Kier molecular flexibility index (Phi) is 6.63. The van der Waals surface area contributed by atoms with Crippen LogP contribution in [0.4, 0.5) is 0 Å². The summed E-state index contributed by atoms with van der Waals surface area (Å²) < 4.78 is 6.61. The van der Waals surface area contributed by atoms with Gasteiger partial charge >= 0.3 is 5.97 Å². The fourth-order valence-corrected chi connectivity index (χ4v) is 2.91. The van der Waals surface area contributed by atoms with Gasteiger partial charge in [0.05, 0.1) is 0 Å². The standard InChI is InChI=1S/C17H19BrN2O3/c18-15-4-5-16(13(11-15)10-14(12-19)17(21)22)23-9-8-20-6-2-1-3-7-20/h4-5,10-11H,1-3,6-9H2,(H,21,22).